The molecule has 3 unspecified atom stereocenters. The lowest BCUT2D eigenvalue weighted by Gasteiger charge is -2.14. The normalized spacial score (nSPS) is 21.5. The van der Waals surface area contributed by atoms with E-state index in [0.29, 0.717) is 0 Å². The Labute approximate surface area is 123 Å². The van der Waals surface area contributed by atoms with E-state index in [1.807, 2.05) is 5.32 Å². The van der Waals surface area contributed by atoms with Crippen LogP contribution in [0.15, 0.2) is 18.2 Å². The number of carboxylic acid groups (broad SMARTS) is 1. The van der Waals surface area contributed by atoms with Gasteiger partial charge in [0.2, 0.25) is 12.3 Å². The molecule has 0 aliphatic heterocycles. The molecule has 1 saturated carbocycles. The van der Waals surface area contributed by atoms with E-state index in [1.165, 1.54) is 0 Å². The first-order valence-electron chi connectivity index (χ1n) is 6.56. The van der Waals surface area contributed by atoms with E-state index < -0.39 is 54.2 Å². The number of halogens is 4. The van der Waals surface area contributed by atoms with Gasteiger partial charge in [0.25, 0.3) is 0 Å². The Balaban J connectivity index is 2.00. The van der Waals surface area contributed by atoms with Gasteiger partial charge in [-0.25, -0.2) is 22.4 Å². The maximum absolute atomic E-state index is 13.6. The van der Waals surface area contributed by atoms with Gasteiger partial charge >= 0.3 is 5.97 Å². The first-order valence-corrected chi connectivity index (χ1v) is 6.56. The highest BCUT2D eigenvalue weighted by molar-refractivity contribution is 5.87. The molecule has 3 atom stereocenters. The van der Waals surface area contributed by atoms with Gasteiger partial charge in [-0.2, -0.15) is 0 Å². The molecule has 2 N–H and O–H groups in total. The molecule has 8 heteroatoms. The van der Waals surface area contributed by atoms with E-state index in [9.17, 15) is 27.2 Å². The number of benzene rings is 1. The average Bonchev–Trinajstić information content (AvgIpc) is 3.20. The summed E-state index contributed by atoms with van der Waals surface area (Å²) < 4.78 is 51.2. The van der Waals surface area contributed by atoms with Gasteiger partial charge in [0.15, 0.2) is 0 Å². The zero-order valence-corrected chi connectivity index (χ0v) is 11.2. The molecule has 22 heavy (non-hydrogen) atoms. The summed E-state index contributed by atoms with van der Waals surface area (Å²) in [6.07, 6.45) is -3.67. The van der Waals surface area contributed by atoms with Crippen LogP contribution in [0.4, 0.5) is 17.6 Å². The Kier molecular flexibility index (Phi) is 4.68. The number of carbonyl (C=O) groups is 2. The van der Waals surface area contributed by atoms with E-state index in [-0.39, 0.29) is 12.0 Å². The molecule has 1 aromatic carbocycles. The number of rotatable bonds is 6. The van der Waals surface area contributed by atoms with Crippen molar-refractivity contribution < 1.29 is 32.3 Å². The number of hydrogen-bond donors (Lipinski definition) is 2. The summed E-state index contributed by atoms with van der Waals surface area (Å²) >= 11 is 0. The number of hydrogen-bond acceptors (Lipinski definition) is 2. The number of amides is 1. The monoisotopic (exact) mass is 319 g/mol. The molecule has 0 aromatic heterocycles. The van der Waals surface area contributed by atoms with Crippen LogP contribution in [0.25, 0.3) is 0 Å². The van der Waals surface area contributed by atoms with Crippen LogP contribution in [0.1, 0.15) is 24.3 Å². The molecule has 4 nitrogen and oxygen atoms in total. The lowest BCUT2D eigenvalue weighted by Crippen LogP contribution is -2.42. The van der Waals surface area contributed by atoms with Crippen LogP contribution in [0.3, 0.4) is 0 Å². The summed E-state index contributed by atoms with van der Waals surface area (Å²) in [6, 6.07) is 1.15. The van der Waals surface area contributed by atoms with E-state index in [4.69, 9.17) is 5.11 Å². The van der Waals surface area contributed by atoms with Crippen molar-refractivity contribution in [2.75, 3.05) is 0 Å². The van der Waals surface area contributed by atoms with Crippen molar-refractivity contribution >= 4 is 11.9 Å². The zero-order valence-electron chi connectivity index (χ0n) is 11.2. The molecule has 0 saturated heterocycles. The molecule has 1 aliphatic carbocycles. The molecule has 1 aromatic rings. The summed E-state index contributed by atoms with van der Waals surface area (Å²) in [7, 11) is 0. The minimum Gasteiger partial charge on any atom is -0.480 e. The second-order valence-corrected chi connectivity index (χ2v) is 5.14. The van der Waals surface area contributed by atoms with Gasteiger partial charge in [0.05, 0.1) is 0 Å². The highest BCUT2D eigenvalue weighted by Gasteiger charge is 2.46. The second-order valence-electron chi connectivity index (χ2n) is 5.14. The van der Waals surface area contributed by atoms with Gasteiger partial charge in [-0.1, -0.05) is 0 Å². The zero-order chi connectivity index (χ0) is 16.4. The van der Waals surface area contributed by atoms with E-state index >= 15 is 0 Å². The fourth-order valence-corrected chi connectivity index (χ4v) is 2.31. The van der Waals surface area contributed by atoms with Gasteiger partial charge in [-0.05, 0) is 36.1 Å². The molecule has 1 amide bonds. The third kappa shape index (κ3) is 3.75. The van der Waals surface area contributed by atoms with Gasteiger partial charge in [-0.3, -0.25) is 4.79 Å². The Morgan fingerprint density at radius 2 is 2.00 bits per heavy atom. The van der Waals surface area contributed by atoms with Crippen molar-refractivity contribution in [3.63, 3.8) is 0 Å². The topological polar surface area (TPSA) is 66.4 Å². The first-order chi connectivity index (χ1) is 10.3. The maximum atomic E-state index is 13.6. The van der Waals surface area contributed by atoms with Crippen LogP contribution < -0.4 is 5.32 Å². The van der Waals surface area contributed by atoms with Crippen LogP contribution >= 0.6 is 0 Å². The SMILES string of the molecule is O=C(O)C(CC(F)F)NC(=O)C1CC1c1cc(F)ccc1F. The minimum absolute atomic E-state index is 0.0286. The van der Waals surface area contributed by atoms with Crippen molar-refractivity contribution in [2.24, 2.45) is 5.92 Å². The summed E-state index contributed by atoms with van der Waals surface area (Å²) in [4.78, 5) is 22.7. The van der Waals surface area contributed by atoms with Crippen molar-refractivity contribution in [3.8, 4) is 0 Å². The lowest BCUT2D eigenvalue weighted by molar-refractivity contribution is -0.143. The maximum Gasteiger partial charge on any atom is 0.326 e. The van der Waals surface area contributed by atoms with E-state index in [0.717, 1.165) is 18.2 Å². The second kappa shape index (κ2) is 6.33. The van der Waals surface area contributed by atoms with Crippen molar-refractivity contribution in [1.29, 1.82) is 0 Å². The van der Waals surface area contributed by atoms with Crippen LogP contribution in [0.5, 0.6) is 0 Å². The summed E-state index contributed by atoms with van der Waals surface area (Å²) in [5.41, 5.74) is 0.0286. The molecule has 0 radical (unpaired) electrons. The van der Waals surface area contributed by atoms with Crippen LogP contribution in [0.2, 0.25) is 0 Å². The molecule has 0 bridgehead atoms. The lowest BCUT2D eigenvalue weighted by atomic mass is 10.1. The van der Waals surface area contributed by atoms with Crippen LogP contribution in [0, 0.1) is 17.6 Å². The fourth-order valence-electron chi connectivity index (χ4n) is 2.31. The molecule has 120 valence electrons. The summed E-state index contributed by atoms with van der Waals surface area (Å²) in [6.45, 7) is 0. The standard InChI is InChI=1S/C14H13F4NO3/c15-6-1-2-10(16)8(3-6)7-4-9(7)13(20)19-11(14(21)22)5-12(17)18/h1-3,7,9,11-12H,4-5H2,(H,19,20)(H,21,22). The van der Waals surface area contributed by atoms with E-state index in [1.54, 1.807) is 0 Å². The van der Waals surface area contributed by atoms with Crippen molar-refractivity contribution in [1.82, 2.24) is 5.32 Å². The Morgan fingerprint density at radius 1 is 1.32 bits per heavy atom. The van der Waals surface area contributed by atoms with Gasteiger partial charge in [0, 0.05) is 12.3 Å². The Morgan fingerprint density at radius 3 is 2.59 bits per heavy atom. The quantitative estimate of drug-likeness (QED) is 0.791. The highest BCUT2D eigenvalue weighted by Crippen LogP contribution is 2.48. The number of aliphatic carboxylic acids is 1. The largest absolute Gasteiger partial charge is 0.480 e. The van der Waals surface area contributed by atoms with Gasteiger partial charge < -0.3 is 10.4 Å². The number of nitrogens with one attached hydrogen (secondary N) is 1. The molecule has 2 rings (SSSR count). The van der Waals surface area contributed by atoms with Gasteiger partial charge in [-0.15, -0.1) is 0 Å². The number of carbonyl (C=O) groups excluding carboxylic acids is 1. The molecule has 1 aliphatic rings. The van der Waals surface area contributed by atoms with Crippen molar-refractivity contribution in [3.05, 3.63) is 35.4 Å². The number of alkyl halides is 2. The van der Waals surface area contributed by atoms with Crippen molar-refractivity contribution in [2.45, 2.75) is 31.2 Å². The predicted molar refractivity (Wildman–Crippen MR) is 67.4 cm³/mol. The molecular weight excluding hydrogens is 306 g/mol. The fraction of sp³-hybridized carbons (Fsp3) is 0.429. The Hall–Kier alpha value is -2.12. The average molecular weight is 319 g/mol. The van der Waals surface area contributed by atoms with Crippen LogP contribution in [-0.4, -0.2) is 29.5 Å². The summed E-state index contributed by atoms with van der Waals surface area (Å²) in [5.74, 6) is -4.94. The number of carboxylic acids is 1. The third-order valence-electron chi connectivity index (χ3n) is 3.51. The molecule has 0 spiro atoms. The summed E-state index contributed by atoms with van der Waals surface area (Å²) in [5, 5.41) is 10.8. The van der Waals surface area contributed by atoms with Gasteiger partial charge in [0.1, 0.15) is 17.7 Å². The third-order valence-corrected chi connectivity index (χ3v) is 3.51. The highest BCUT2D eigenvalue weighted by atomic mass is 19.3. The molecular formula is C14H13F4NO3. The Bertz CT molecular complexity index is 593. The molecule has 0 heterocycles. The smallest absolute Gasteiger partial charge is 0.326 e. The van der Waals surface area contributed by atoms with Crippen LogP contribution in [-0.2, 0) is 9.59 Å². The predicted octanol–water partition coefficient (Wildman–Crippen LogP) is 2.29. The first kappa shape index (κ1) is 16.3. The van der Waals surface area contributed by atoms with E-state index in [2.05, 4.69) is 0 Å². The molecule has 1 fully saturated rings. The minimum atomic E-state index is -2.88.